The number of benzene rings is 2. The second-order valence-electron chi connectivity index (χ2n) is 5.55. The van der Waals surface area contributed by atoms with Gasteiger partial charge in [0.25, 0.3) is 5.91 Å². The van der Waals surface area contributed by atoms with Gasteiger partial charge in [-0.15, -0.1) is 0 Å². The molecule has 0 aliphatic rings. The van der Waals surface area contributed by atoms with Crippen molar-refractivity contribution in [2.75, 3.05) is 21.2 Å². The van der Waals surface area contributed by atoms with E-state index in [4.69, 9.17) is 4.74 Å². The fraction of sp³-hybridized carbons (Fsp3) is 0.222. The first kappa shape index (κ1) is 15.1. The van der Waals surface area contributed by atoms with Gasteiger partial charge in [0.05, 0.1) is 13.7 Å². The number of rotatable bonds is 4. The van der Waals surface area contributed by atoms with Gasteiger partial charge in [-0.1, -0.05) is 42.5 Å². The maximum Gasteiger partial charge on any atom is 0.274 e. The lowest BCUT2D eigenvalue weighted by atomic mass is 10.1. The number of methoxy groups -OCH3 is 1. The van der Waals surface area contributed by atoms with Gasteiger partial charge in [0.15, 0.2) is 5.69 Å². The molecule has 5 heteroatoms. The number of carbonyl (C=O) groups is 1. The Kier molecular flexibility index (Phi) is 4.02. The molecule has 0 unspecified atom stereocenters. The molecule has 0 atom stereocenters. The molecule has 23 heavy (non-hydrogen) atoms. The minimum atomic E-state index is -0.116. The van der Waals surface area contributed by atoms with E-state index in [0.717, 1.165) is 16.5 Å². The maximum atomic E-state index is 12.4. The van der Waals surface area contributed by atoms with E-state index in [2.05, 4.69) is 5.10 Å². The highest BCUT2D eigenvalue weighted by Crippen LogP contribution is 2.29. The molecule has 1 heterocycles. The Morgan fingerprint density at radius 1 is 1.13 bits per heavy atom. The van der Waals surface area contributed by atoms with Crippen molar-refractivity contribution in [2.45, 2.75) is 6.54 Å². The van der Waals surface area contributed by atoms with Crippen molar-refractivity contribution in [1.82, 2.24) is 14.7 Å². The Hall–Kier alpha value is -2.82. The highest BCUT2D eigenvalue weighted by molar-refractivity contribution is 6.06. The summed E-state index contributed by atoms with van der Waals surface area (Å²) in [6.07, 6.45) is 0. The lowest BCUT2D eigenvalue weighted by Crippen LogP contribution is -2.22. The molecule has 0 spiro atoms. The average Bonchev–Trinajstić information content (AvgIpc) is 2.93. The molecule has 0 bridgehead atoms. The van der Waals surface area contributed by atoms with Crippen LogP contribution in [0.25, 0.3) is 10.9 Å². The molecule has 5 nitrogen and oxygen atoms in total. The zero-order valence-electron chi connectivity index (χ0n) is 13.5. The summed E-state index contributed by atoms with van der Waals surface area (Å²) in [6.45, 7) is 0.582. The molecular formula is C18H19N3O2. The first-order chi connectivity index (χ1) is 11.1. The van der Waals surface area contributed by atoms with Gasteiger partial charge < -0.3 is 9.64 Å². The lowest BCUT2D eigenvalue weighted by molar-refractivity contribution is 0.0823. The highest BCUT2D eigenvalue weighted by atomic mass is 16.5. The molecule has 0 saturated carbocycles. The molecule has 0 saturated heterocycles. The minimum absolute atomic E-state index is 0.116. The van der Waals surface area contributed by atoms with E-state index in [1.165, 1.54) is 4.90 Å². The average molecular weight is 309 g/mol. The highest BCUT2D eigenvalue weighted by Gasteiger charge is 2.21. The van der Waals surface area contributed by atoms with Crippen LogP contribution in [-0.4, -0.2) is 41.8 Å². The van der Waals surface area contributed by atoms with Crippen LogP contribution in [0.3, 0.4) is 0 Å². The third-order valence-corrected chi connectivity index (χ3v) is 3.74. The Morgan fingerprint density at radius 3 is 2.52 bits per heavy atom. The Morgan fingerprint density at radius 2 is 1.87 bits per heavy atom. The van der Waals surface area contributed by atoms with Gasteiger partial charge in [-0.3, -0.25) is 9.48 Å². The fourth-order valence-electron chi connectivity index (χ4n) is 2.61. The van der Waals surface area contributed by atoms with Gasteiger partial charge in [-0.2, -0.15) is 5.10 Å². The first-order valence-electron chi connectivity index (χ1n) is 7.41. The number of hydrogen-bond acceptors (Lipinski definition) is 3. The van der Waals surface area contributed by atoms with Crippen molar-refractivity contribution in [3.8, 4) is 5.75 Å². The summed E-state index contributed by atoms with van der Waals surface area (Å²) < 4.78 is 7.31. The molecule has 0 aliphatic heterocycles. The molecule has 2 aromatic carbocycles. The second kappa shape index (κ2) is 6.12. The molecule has 1 aromatic heterocycles. The summed E-state index contributed by atoms with van der Waals surface area (Å²) >= 11 is 0. The summed E-state index contributed by atoms with van der Waals surface area (Å²) in [5.41, 5.74) is 2.40. The van der Waals surface area contributed by atoms with Crippen molar-refractivity contribution in [2.24, 2.45) is 0 Å². The van der Waals surface area contributed by atoms with E-state index >= 15 is 0 Å². The fourth-order valence-corrected chi connectivity index (χ4v) is 2.61. The SMILES string of the molecule is COc1cccc2c(C(=O)N(C)C)nn(Cc3ccccc3)c12. The molecule has 0 fully saturated rings. The molecule has 0 radical (unpaired) electrons. The van der Waals surface area contributed by atoms with Crippen molar-refractivity contribution < 1.29 is 9.53 Å². The van der Waals surface area contributed by atoms with Crippen LogP contribution in [0.2, 0.25) is 0 Å². The van der Waals surface area contributed by atoms with Gasteiger partial charge in [-0.25, -0.2) is 0 Å². The molecule has 1 amide bonds. The van der Waals surface area contributed by atoms with E-state index < -0.39 is 0 Å². The maximum absolute atomic E-state index is 12.4. The Labute approximate surface area is 135 Å². The molecule has 0 aliphatic carbocycles. The van der Waals surface area contributed by atoms with Crippen molar-refractivity contribution in [3.63, 3.8) is 0 Å². The molecule has 3 aromatic rings. The minimum Gasteiger partial charge on any atom is -0.494 e. The van der Waals surface area contributed by atoms with Gasteiger partial charge in [0.2, 0.25) is 0 Å². The molecule has 3 rings (SSSR count). The molecular weight excluding hydrogens is 290 g/mol. The van der Waals surface area contributed by atoms with Crippen molar-refractivity contribution in [3.05, 3.63) is 59.8 Å². The van der Waals surface area contributed by atoms with Gasteiger partial charge in [0, 0.05) is 19.5 Å². The van der Waals surface area contributed by atoms with Gasteiger partial charge >= 0.3 is 0 Å². The number of fused-ring (bicyclic) bond motifs is 1. The van der Waals surface area contributed by atoms with E-state index in [-0.39, 0.29) is 5.91 Å². The third-order valence-electron chi connectivity index (χ3n) is 3.74. The quantitative estimate of drug-likeness (QED) is 0.744. The monoisotopic (exact) mass is 309 g/mol. The number of para-hydroxylation sites is 1. The Balaban J connectivity index is 2.18. The van der Waals surface area contributed by atoms with Crippen LogP contribution in [0, 0.1) is 0 Å². The van der Waals surface area contributed by atoms with Crippen LogP contribution < -0.4 is 4.74 Å². The van der Waals surface area contributed by atoms with E-state index in [9.17, 15) is 4.79 Å². The number of hydrogen-bond donors (Lipinski definition) is 0. The van der Waals surface area contributed by atoms with E-state index in [0.29, 0.717) is 18.0 Å². The van der Waals surface area contributed by atoms with Crippen LogP contribution in [0.1, 0.15) is 16.1 Å². The van der Waals surface area contributed by atoms with Crippen LogP contribution >= 0.6 is 0 Å². The van der Waals surface area contributed by atoms with Crippen LogP contribution in [0.15, 0.2) is 48.5 Å². The summed E-state index contributed by atoms with van der Waals surface area (Å²) in [4.78, 5) is 14.0. The van der Waals surface area contributed by atoms with Crippen molar-refractivity contribution >= 4 is 16.8 Å². The van der Waals surface area contributed by atoms with Crippen LogP contribution in [0.5, 0.6) is 5.75 Å². The summed E-state index contributed by atoms with van der Waals surface area (Å²) in [6, 6.07) is 15.7. The number of amides is 1. The molecule has 0 N–H and O–H groups in total. The van der Waals surface area contributed by atoms with Crippen LogP contribution in [0.4, 0.5) is 0 Å². The summed E-state index contributed by atoms with van der Waals surface area (Å²) in [7, 11) is 5.08. The van der Waals surface area contributed by atoms with Crippen LogP contribution in [-0.2, 0) is 6.54 Å². The number of aromatic nitrogens is 2. The first-order valence-corrected chi connectivity index (χ1v) is 7.41. The third kappa shape index (κ3) is 2.77. The lowest BCUT2D eigenvalue weighted by Gasteiger charge is -2.07. The number of carbonyl (C=O) groups excluding carboxylic acids is 1. The number of nitrogens with zero attached hydrogens (tertiary/aromatic N) is 3. The van der Waals surface area contributed by atoms with Gasteiger partial charge in [-0.05, 0) is 11.6 Å². The van der Waals surface area contributed by atoms with Gasteiger partial charge in [0.1, 0.15) is 11.3 Å². The van der Waals surface area contributed by atoms with Crippen molar-refractivity contribution in [1.29, 1.82) is 0 Å². The predicted molar refractivity (Wildman–Crippen MR) is 89.8 cm³/mol. The normalized spacial score (nSPS) is 10.7. The second-order valence-corrected chi connectivity index (χ2v) is 5.55. The zero-order chi connectivity index (χ0) is 16.4. The predicted octanol–water partition coefficient (Wildman–Crippen LogP) is 2.80. The number of ether oxygens (including phenoxy) is 1. The molecule has 118 valence electrons. The summed E-state index contributed by atoms with van der Waals surface area (Å²) in [5.74, 6) is 0.596. The smallest absolute Gasteiger partial charge is 0.274 e. The van der Waals surface area contributed by atoms with E-state index in [1.54, 1.807) is 21.2 Å². The van der Waals surface area contributed by atoms with E-state index in [1.807, 2.05) is 53.2 Å². The topological polar surface area (TPSA) is 47.4 Å². The zero-order valence-corrected chi connectivity index (χ0v) is 13.5. The standard InChI is InChI=1S/C18H19N3O2/c1-20(2)18(22)16-14-10-7-11-15(23-3)17(14)21(19-16)12-13-8-5-4-6-9-13/h4-11H,12H2,1-3H3. The largest absolute Gasteiger partial charge is 0.494 e. The summed E-state index contributed by atoms with van der Waals surface area (Å²) in [5, 5.41) is 5.36. The Bertz CT molecular complexity index is 838.